The van der Waals surface area contributed by atoms with Crippen molar-refractivity contribution in [3.05, 3.63) is 125 Å². The summed E-state index contributed by atoms with van der Waals surface area (Å²) in [6.45, 7) is 13.7. The van der Waals surface area contributed by atoms with Gasteiger partial charge in [0.25, 0.3) is 5.91 Å². The van der Waals surface area contributed by atoms with Crippen LogP contribution in [-0.2, 0) is 29.9 Å². The molecule has 5 aromatic rings. The maximum absolute atomic E-state index is 13.4. The maximum Gasteiger partial charge on any atom is 0.274 e. The summed E-state index contributed by atoms with van der Waals surface area (Å²) in [6, 6.07) is 32.5. The highest BCUT2D eigenvalue weighted by Gasteiger charge is 2.30. The van der Waals surface area contributed by atoms with Crippen molar-refractivity contribution in [2.75, 3.05) is 32.8 Å². The van der Waals surface area contributed by atoms with E-state index in [0.717, 1.165) is 60.9 Å². The molecule has 1 N–H and O–H groups in total. The summed E-state index contributed by atoms with van der Waals surface area (Å²) in [6.07, 6.45) is 0. The summed E-state index contributed by atoms with van der Waals surface area (Å²) in [4.78, 5) is 15.8. The maximum atomic E-state index is 13.4. The van der Waals surface area contributed by atoms with Crippen LogP contribution < -0.4 is 14.8 Å². The highest BCUT2D eigenvalue weighted by molar-refractivity contribution is 6.02. The molecule has 1 saturated heterocycles. The molecule has 6 rings (SSSR count). The number of rotatable bonds is 12. The Morgan fingerprint density at radius 1 is 0.816 bits per heavy atom. The second kappa shape index (κ2) is 15.5. The Labute approximate surface area is 289 Å². The Bertz CT molecular complexity index is 1820. The zero-order chi connectivity index (χ0) is 34.2. The molecule has 1 aliphatic heterocycles. The normalized spacial score (nSPS) is 13.6. The number of nitrogens with zero attached hydrogens (tertiary/aromatic N) is 2. The third-order valence-corrected chi connectivity index (χ3v) is 8.61. The van der Waals surface area contributed by atoms with Crippen LogP contribution in [0, 0.1) is 0 Å². The van der Waals surface area contributed by atoms with Crippen LogP contribution in [0.4, 0.5) is 0 Å². The first-order valence-electron chi connectivity index (χ1n) is 17.0. The van der Waals surface area contributed by atoms with Gasteiger partial charge in [-0.2, -0.15) is 0 Å². The number of benzene rings is 4. The summed E-state index contributed by atoms with van der Waals surface area (Å²) in [7, 11) is 0. The molecule has 0 aliphatic carbocycles. The van der Waals surface area contributed by atoms with Gasteiger partial charge in [0, 0.05) is 37.8 Å². The van der Waals surface area contributed by atoms with Crippen LogP contribution in [0.1, 0.15) is 60.4 Å². The molecule has 0 bridgehead atoms. The molecule has 1 amide bonds. The van der Waals surface area contributed by atoms with Crippen LogP contribution in [-0.4, -0.2) is 48.8 Å². The fourth-order valence-corrected chi connectivity index (χ4v) is 5.97. The number of aromatic nitrogens is 1. The third-order valence-electron chi connectivity index (χ3n) is 8.61. The molecule has 49 heavy (non-hydrogen) atoms. The van der Waals surface area contributed by atoms with E-state index in [1.807, 2.05) is 85.8 Å². The van der Waals surface area contributed by atoms with E-state index in [1.165, 1.54) is 5.56 Å². The summed E-state index contributed by atoms with van der Waals surface area (Å²) in [5.41, 5.74) is 6.35. The number of hydrogen-bond acceptors (Lipinski definition) is 7. The molecule has 2 heterocycles. The highest BCUT2D eigenvalue weighted by atomic mass is 16.5. The van der Waals surface area contributed by atoms with E-state index < -0.39 is 0 Å². The second-order valence-electron chi connectivity index (χ2n) is 13.3. The molecule has 0 saturated carbocycles. The van der Waals surface area contributed by atoms with Gasteiger partial charge in [0.05, 0.1) is 24.3 Å². The third kappa shape index (κ3) is 8.39. The lowest BCUT2D eigenvalue weighted by molar-refractivity contribution is 0.0342. The smallest absolute Gasteiger partial charge is 0.274 e. The first kappa shape index (κ1) is 34.0. The van der Waals surface area contributed by atoms with Gasteiger partial charge in [-0.1, -0.05) is 111 Å². The molecule has 1 fully saturated rings. The Kier molecular flexibility index (Phi) is 10.8. The minimum absolute atomic E-state index is 0.230. The standard InChI is InChI=1S/C41H45N3O5/c1-5-42-40(45)38-37(32-18-16-29(17-19-32)26-44-20-22-46-23-21-44)39(49-43-38)33-24-34(41(2,3)4)36(48-28-31-14-10-7-11-15-31)25-35(33)47-27-30-12-8-6-9-13-30/h6-19,24-25H,5,20-23,26-28H2,1-4H3,(H,42,45). The Morgan fingerprint density at radius 3 is 2.02 bits per heavy atom. The van der Waals surface area contributed by atoms with Crippen molar-refractivity contribution in [1.82, 2.24) is 15.4 Å². The van der Waals surface area contributed by atoms with Gasteiger partial charge in [-0.15, -0.1) is 0 Å². The molecule has 0 radical (unpaired) electrons. The molecule has 0 atom stereocenters. The zero-order valence-corrected chi connectivity index (χ0v) is 28.8. The second-order valence-corrected chi connectivity index (χ2v) is 13.3. The number of carbonyl (C=O) groups is 1. The summed E-state index contributed by atoms with van der Waals surface area (Å²) < 4.78 is 24.7. The molecule has 8 nitrogen and oxygen atoms in total. The van der Waals surface area contributed by atoms with Crippen molar-refractivity contribution in [3.8, 4) is 33.9 Å². The topological polar surface area (TPSA) is 86.1 Å². The SMILES string of the molecule is CCNC(=O)c1noc(-c2cc(C(C)(C)C)c(OCc3ccccc3)cc2OCc2ccccc2)c1-c1ccc(CN2CCOCC2)cc1. The molecule has 4 aromatic carbocycles. The molecule has 0 unspecified atom stereocenters. The lowest BCUT2D eigenvalue weighted by Gasteiger charge is -2.26. The number of nitrogens with one attached hydrogen (secondary N) is 1. The Hall–Kier alpha value is -4.92. The van der Waals surface area contributed by atoms with E-state index in [0.29, 0.717) is 42.4 Å². The monoisotopic (exact) mass is 659 g/mol. The Balaban J connectivity index is 1.45. The number of carbonyl (C=O) groups excluding carboxylic acids is 1. The van der Waals surface area contributed by atoms with Gasteiger partial charge >= 0.3 is 0 Å². The summed E-state index contributed by atoms with van der Waals surface area (Å²) >= 11 is 0. The van der Waals surface area contributed by atoms with Gasteiger partial charge < -0.3 is 24.1 Å². The lowest BCUT2D eigenvalue weighted by atomic mass is 9.84. The van der Waals surface area contributed by atoms with Gasteiger partial charge in [-0.3, -0.25) is 9.69 Å². The van der Waals surface area contributed by atoms with E-state index in [2.05, 4.69) is 54.3 Å². The molecule has 0 spiro atoms. The first-order chi connectivity index (χ1) is 23.8. The Morgan fingerprint density at radius 2 is 1.43 bits per heavy atom. The van der Waals surface area contributed by atoms with Crippen LogP contribution in [0.25, 0.3) is 22.5 Å². The van der Waals surface area contributed by atoms with Crippen molar-refractivity contribution < 1.29 is 23.5 Å². The molecule has 1 aromatic heterocycles. The summed E-state index contributed by atoms with van der Waals surface area (Å²) in [5, 5.41) is 7.27. The van der Waals surface area contributed by atoms with Crippen LogP contribution in [0.15, 0.2) is 102 Å². The molecule has 254 valence electrons. The van der Waals surface area contributed by atoms with E-state index in [4.69, 9.17) is 18.7 Å². The number of amides is 1. The predicted molar refractivity (Wildman–Crippen MR) is 192 cm³/mol. The predicted octanol–water partition coefficient (Wildman–Crippen LogP) is 8.05. The van der Waals surface area contributed by atoms with E-state index >= 15 is 0 Å². The minimum atomic E-state index is -0.296. The van der Waals surface area contributed by atoms with Crippen LogP contribution in [0.3, 0.4) is 0 Å². The van der Waals surface area contributed by atoms with Crippen LogP contribution in [0.2, 0.25) is 0 Å². The van der Waals surface area contributed by atoms with Gasteiger partial charge in [-0.25, -0.2) is 0 Å². The number of morpholine rings is 1. The van der Waals surface area contributed by atoms with Crippen molar-refractivity contribution in [1.29, 1.82) is 0 Å². The summed E-state index contributed by atoms with van der Waals surface area (Å²) in [5.74, 6) is 1.46. The van der Waals surface area contributed by atoms with Crippen molar-refractivity contribution in [2.24, 2.45) is 0 Å². The molecule has 8 heteroatoms. The fourth-order valence-electron chi connectivity index (χ4n) is 5.97. The van der Waals surface area contributed by atoms with E-state index in [9.17, 15) is 4.79 Å². The molecular formula is C41H45N3O5. The lowest BCUT2D eigenvalue weighted by Crippen LogP contribution is -2.35. The number of ether oxygens (including phenoxy) is 3. The highest BCUT2D eigenvalue weighted by Crippen LogP contribution is 2.45. The largest absolute Gasteiger partial charge is 0.488 e. The van der Waals surface area contributed by atoms with Gasteiger partial charge in [0.2, 0.25) is 0 Å². The van der Waals surface area contributed by atoms with E-state index in [1.54, 1.807) is 0 Å². The van der Waals surface area contributed by atoms with Crippen molar-refractivity contribution in [3.63, 3.8) is 0 Å². The first-order valence-corrected chi connectivity index (χ1v) is 17.0. The molecule has 1 aliphatic rings. The van der Waals surface area contributed by atoms with Gasteiger partial charge in [-0.05, 0) is 40.7 Å². The van der Waals surface area contributed by atoms with E-state index in [-0.39, 0.29) is 17.0 Å². The zero-order valence-electron chi connectivity index (χ0n) is 28.8. The van der Waals surface area contributed by atoms with Gasteiger partial charge in [0.15, 0.2) is 11.5 Å². The average molecular weight is 660 g/mol. The fraction of sp³-hybridized carbons (Fsp3) is 0.317. The van der Waals surface area contributed by atoms with Crippen molar-refractivity contribution >= 4 is 5.91 Å². The van der Waals surface area contributed by atoms with Crippen molar-refractivity contribution in [2.45, 2.75) is 52.9 Å². The van der Waals surface area contributed by atoms with Gasteiger partial charge in [0.1, 0.15) is 24.7 Å². The van der Waals surface area contributed by atoms with Crippen LogP contribution in [0.5, 0.6) is 11.5 Å². The average Bonchev–Trinajstić information content (AvgIpc) is 3.56. The minimum Gasteiger partial charge on any atom is -0.488 e. The van der Waals surface area contributed by atoms with Crippen LogP contribution >= 0.6 is 0 Å². The molecular weight excluding hydrogens is 614 g/mol. The quantitative estimate of drug-likeness (QED) is 0.145. The number of hydrogen-bond donors (Lipinski definition) is 1.